The predicted octanol–water partition coefficient (Wildman–Crippen LogP) is 2.97. The fraction of sp³-hybridized carbons (Fsp3) is 0.471. The minimum Gasteiger partial charge on any atom is -0.347 e. The zero-order valence-corrected chi connectivity index (χ0v) is 13.1. The molecule has 2 unspecified atom stereocenters. The summed E-state index contributed by atoms with van der Waals surface area (Å²) in [5.74, 6) is 1.17. The average Bonchev–Trinajstić information content (AvgIpc) is 3.05. The van der Waals surface area contributed by atoms with E-state index in [1.807, 2.05) is 6.20 Å². The van der Waals surface area contributed by atoms with E-state index in [0.29, 0.717) is 17.3 Å². The number of nitrogens with one attached hydrogen (secondary N) is 1. The fourth-order valence-electron chi connectivity index (χ4n) is 3.12. The third-order valence-electron chi connectivity index (χ3n) is 4.85. The Bertz CT molecular complexity index is 652. The lowest BCUT2D eigenvalue weighted by Gasteiger charge is -2.40. The van der Waals surface area contributed by atoms with Crippen LogP contribution in [-0.4, -0.2) is 26.0 Å². The number of rotatable bonds is 3. The first-order valence-corrected chi connectivity index (χ1v) is 7.85. The van der Waals surface area contributed by atoms with Gasteiger partial charge in [0.1, 0.15) is 12.1 Å². The van der Waals surface area contributed by atoms with Crippen molar-refractivity contribution in [3.05, 3.63) is 42.6 Å². The van der Waals surface area contributed by atoms with Gasteiger partial charge in [0, 0.05) is 29.7 Å². The first-order chi connectivity index (χ1) is 10.6. The molecule has 1 saturated carbocycles. The molecule has 1 fully saturated rings. The minimum absolute atomic E-state index is 0.0278. The van der Waals surface area contributed by atoms with Crippen molar-refractivity contribution >= 4 is 5.91 Å². The highest BCUT2D eigenvalue weighted by Gasteiger charge is 2.35. The number of pyridine rings is 1. The Kier molecular flexibility index (Phi) is 3.96. The van der Waals surface area contributed by atoms with Gasteiger partial charge in [0.05, 0.1) is 0 Å². The summed E-state index contributed by atoms with van der Waals surface area (Å²) >= 11 is 0. The maximum atomic E-state index is 12.6. The average molecular weight is 298 g/mol. The normalized spacial score (nSPS) is 24.9. The van der Waals surface area contributed by atoms with Gasteiger partial charge in [0.2, 0.25) is 0 Å². The largest absolute Gasteiger partial charge is 0.347 e. The molecule has 0 saturated heterocycles. The van der Waals surface area contributed by atoms with Crippen LogP contribution in [-0.2, 0) is 0 Å². The van der Waals surface area contributed by atoms with Crippen LogP contribution >= 0.6 is 0 Å². The van der Waals surface area contributed by atoms with Gasteiger partial charge in [0.25, 0.3) is 5.91 Å². The molecular weight excluding hydrogens is 276 g/mol. The highest BCUT2D eigenvalue weighted by molar-refractivity contribution is 5.95. The number of nitrogens with zero attached hydrogens (tertiary/aromatic N) is 3. The third-order valence-corrected chi connectivity index (χ3v) is 4.85. The standard InChI is InChI=1S/C17H22N4O/c1-13-5-3-4-7-17(13,2)20-16(22)14-6-8-19-15(11-14)21-10-9-18-12-21/h6,8-13H,3-5,7H2,1-2H3,(H,20,22). The van der Waals surface area contributed by atoms with Crippen molar-refractivity contribution in [2.24, 2.45) is 5.92 Å². The Labute approximate surface area is 130 Å². The minimum atomic E-state index is -0.117. The molecular formula is C17H22N4O. The molecule has 1 aliphatic rings. The first kappa shape index (κ1) is 14.8. The van der Waals surface area contributed by atoms with Gasteiger partial charge in [-0.05, 0) is 37.8 Å². The molecule has 1 N–H and O–H groups in total. The fourth-order valence-corrected chi connectivity index (χ4v) is 3.12. The molecule has 0 spiro atoms. The number of carbonyl (C=O) groups excluding carboxylic acids is 1. The Morgan fingerprint density at radius 2 is 2.27 bits per heavy atom. The van der Waals surface area contributed by atoms with Crippen LogP contribution in [0.2, 0.25) is 0 Å². The van der Waals surface area contributed by atoms with E-state index in [1.165, 1.54) is 19.3 Å². The second kappa shape index (κ2) is 5.91. The van der Waals surface area contributed by atoms with Crippen LogP contribution in [0.1, 0.15) is 49.9 Å². The first-order valence-electron chi connectivity index (χ1n) is 7.85. The van der Waals surface area contributed by atoms with Crippen LogP contribution < -0.4 is 5.32 Å². The molecule has 2 aromatic heterocycles. The topological polar surface area (TPSA) is 59.8 Å². The van der Waals surface area contributed by atoms with Crippen LogP contribution in [0.3, 0.4) is 0 Å². The van der Waals surface area contributed by atoms with Gasteiger partial charge in [-0.2, -0.15) is 0 Å². The maximum absolute atomic E-state index is 12.6. The number of carbonyl (C=O) groups is 1. The van der Waals surface area contributed by atoms with Gasteiger partial charge < -0.3 is 5.32 Å². The zero-order chi connectivity index (χ0) is 15.6. The SMILES string of the molecule is CC1CCCCC1(C)NC(=O)c1ccnc(-n2ccnc2)c1. The summed E-state index contributed by atoms with van der Waals surface area (Å²) in [5.41, 5.74) is 0.519. The van der Waals surface area contributed by atoms with Crippen LogP contribution in [0.15, 0.2) is 37.1 Å². The summed E-state index contributed by atoms with van der Waals surface area (Å²) in [6.07, 6.45) is 11.5. The van der Waals surface area contributed by atoms with Crippen LogP contribution in [0.4, 0.5) is 0 Å². The summed E-state index contributed by atoms with van der Waals surface area (Å²) in [5, 5.41) is 3.24. The summed E-state index contributed by atoms with van der Waals surface area (Å²) in [6, 6.07) is 3.56. The summed E-state index contributed by atoms with van der Waals surface area (Å²) in [7, 11) is 0. The number of amides is 1. The molecule has 0 radical (unpaired) electrons. The molecule has 0 aliphatic heterocycles. The van der Waals surface area contributed by atoms with Crippen LogP contribution in [0, 0.1) is 5.92 Å². The summed E-state index contributed by atoms with van der Waals surface area (Å²) in [6.45, 7) is 4.38. The van der Waals surface area contributed by atoms with Gasteiger partial charge in [-0.1, -0.05) is 19.8 Å². The number of hydrogen-bond donors (Lipinski definition) is 1. The van der Waals surface area contributed by atoms with Crippen molar-refractivity contribution in [1.82, 2.24) is 19.9 Å². The van der Waals surface area contributed by atoms with Gasteiger partial charge in [-0.3, -0.25) is 9.36 Å². The van der Waals surface area contributed by atoms with E-state index in [-0.39, 0.29) is 11.4 Å². The van der Waals surface area contributed by atoms with E-state index in [4.69, 9.17) is 0 Å². The van der Waals surface area contributed by atoms with E-state index in [0.717, 1.165) is 6.42 Å². The molecule has 2 aromatic rings. The molecule has 5 heteroatoms. The van der Waals surface area contributed by atoms with Crippen LogP contribution in [0.5, 0.6) is 0 Å². The molecule has 3 rings (SSSR count). The smallest absolute Gasteiger partial charge is 0.251 e. The summed E-state index contributed by atoms with van der Waals surface area (Å²) < 4.78 is 1.79. The summed E-state index contributed by atoms with van der Waals surface area (Å²) in [4.78, 5) is 20.9. The van der Waals surface area contributed by atoms with Gasteiger partial charge in [-0.15, -0.1) is 0 Å². The molecule has 1 amide bonds. The molecule has 116 valence electrons. The zero-order valence-electron chi connectivity index (χ0n) is 13.1. The van der Waals surface area contributed by atoms with E-state index >= 15 is 0 Å². The van der Waals surface area contributed by atoms with E-state index in [1.54, 1.807) is 35.4 Å². The second-order valence-electron chi connectivity index (χ2n) is 6.39. The highest BCUT2D eigenvalue weighted by Crippen LogP contribution is 2.33. The molecule has 22 heavy (non-hydrogen) atoms. The molecule has 5 nitrogen and oxygen atoms in total. The quantitative estimate of drug-likeness (QED) is 0.947. The lowest BCUT2D eigenvalue weighted by atomic mass is 9.75. The Morgan fingerprint density at radius 3 is 3.00 bits per heavy atom. The molecule has 2 atom stereocenters. The van der Waals surface area contributed by atoms with Crippen molar-refractivity contribution in [1.29, 1.82) is 0 Å². The molecule has 0 bridgehead atoms. The lowest BCUT2D eigenvalue weighted by Crippen LogP contribution is -2.52. The predicted molar refractivity (Wildman–Crippen MR) is 84.9 cm³/mol. The van der Waals surface area contributed by atoms with E-state index < -0.39 is 0 Å². The van der Waals surface area contributed by atoms with Crippen molar-refractivity contribution in [2.45, 2.75) is 45.1 Å². The lowest BCUT2D eigenvalue weighted by molar-refractivity contribution is 0.0829. The van der Waals surface area contributed by atoms with Gasteiger partial charge in [-0.25, -0.2) is 9.97 Å². The van der Waals surface area contributed by atoms with Gasteiger partial charge in [0.15, 0.2) is 0 Å². The van der Waals surface area contributed by atoms with Crippen LogP contribution in [0.25, 0.3) is 5.82 Å². The van der Waals surface area contributed by atoms with E-state index in [9.17, 15) is 4.79 Å². The van der Waals surface area contributed by atoms with Crippen molar-refractivity contribution < 1.29 is 4.79 Å². The van der Waals surface area contributed by atoms with Crippen molar-refractivity contribution in [3.8, 4) is 5.82 Å². The van der Waals surface area contributed by atoms with Gasteiger partial charge >= 0.3 is 0 Å². The second-order valence-corrected chi connectivity index (χ2v) is 6.39. The molecule has 1 aliphatic carbocycles. The number of aromatic nitrogens is 3. The van der Waals surface area contributed by atoms with Crippen molar-refractivity contribution in [2.75, 3.05) is 0 Å². The van der Waals surface area contributed by atoms with E-state index in [2.05, 4.69) is 29.1 Å². The molecule has 0 aromatic carbocycles. The monoisotopic (exact) mass is 298 g/mol. The van der Waals surface area contributed by atoms with Crippen molar-refractivity contribution in [3.63, 3.8) is 0 Å². The maximum Gasteiger partial charge on any atom is 0.251 e. The highest BCUT2D eigenvalue weighted by atomic mass is 16.1. The number of imidazole rings is 1. The molecule has 2 heterocycles. The Balaban J connectivity index is 1.79. The Hall–Kier alpha value is -2.17. The Morgan fingerprint density at radius 1 is 1.41 bits per heavy atom. The number of hydrogen-bond acceptors (Lipinski definition) is 3. The third kappa shape index (κ3) is 2.89.